The molecule has 2 saturated heterocycles. The molecule has 1 unspecified atom stereocenters. The molecule has 0 bridgehead atoms. The van der Waals surface area contributed by atoms with Crippen molar-refractivity contribution in [2.75, 3.05) is 13.2 Å². The van der Waals surface area contributed by atoms with Gasteiger partial charge < -0.3 is 50.0 Å². The molecule has 7 N–H and O–H groups in total. The summed E-state index contributed by atoms with van der Waals surface area (Å²) < 4.78 is 17.6. The lowest BCUT2D eigenvalue weighted by molar-refractivity contribution is -0.396. The molecule has 2 aliphatic heterocycles. The molecule has 0 radical (unpaired) electrons. The normalized spacial score (nSPS) is 52.5. The van der Waals surface area contributed by atoms with Gasteiger partial charge in [-0.15, -0.1) is 4.89 Å². The summed E-state index contributed by atoms with van der Waals surface area (Å²) in [7, 11) is 0. The van der Waals surface area contributed by atoms with Gasteiger partial charge in [0.15, 0.2) is 6.29 Å². The molecule has 0 spiro atoms. The summed E-state index contributed by atoms with van der Waals surface area (Å²) >= 11 is 0. The van der Waals surface area contributed by atoms with Crippen molar-refractivity contribution >= 4 is 5.97 Å². The zero-order valence-electron chi connectivity index (χ0n) is 33.1. The fraction of sp³-hybridized carbons (Fsp3) is 0.927. The fourth-order valence-electron chi connectivity index (χ4n) is 13.2. The molecule has 5 aliphatic carbocycles. The van der Waals surface area contributed by atoms with E-state index in [9.17, 15) is 40.5 Å². The number of ether oxygens (including phenoxy) is 3. The van der Waals surface area contributed by atoms with Crippen LogP contribution in [0.5, 0.6) is 0 Å². The molecule has 0 amide bonds. The second-order valence-corrected chi connectivity index (χ2v) is 20.3. The van der Waals surface area contributed by atoms with E-state index in [1.165, 1.54) is 5.57 Å². The van der Waals surface area contributed by atoms with Crippen molar-refractivity contribution in [3.63, 3.8) is 0 Å². The summed E-state index contributed by atoms with van der Waals surface area (Å²) in [5, 5.41) is 71.7. The lowest BCUT2D eigenvalue weighted by Crippen LogP contribution is -2.66. The van der Waals surface area contributed by atoms with Gasteiger partial charge in [-0.3, -0.25) is 4.89 Å². The Hall–Kier alpha value is -1.23. The van der Waals surface area contributed by atoms with Crippen LogP contribution < -0.4 is 0 Å². The van der Waals surface area contributed by atoms with Crippen LogP contribution in [0, 0.1) is 50.2 Å². The van der Waals surface area contributed by atoms with Crippen LogP contribution in [0.25, 0.3) is 0 Å². The third kappa shape index (κ3) is 6.08. The van der Waals surface area contributed by atoms with E-state index in [2.05, 4.69) is 54.5 Å². The molecule has 6 fully saturated rings. The van der Waals surface area contributed by atoms with E-state index in [0.29, 0.717) is 24.7 Å². The second-order valence-electron chi connectivity index (χ2n) is 20.3. The van der Waals surface area contributed by atoms with Crippen LogP contribution in [0.2, 0.25) is 0 Å². The molecular formula is C41H66O13. The summed E-state index contributed by atoms with van der Waals surface area (Å²) in [6, 6.07) is 0. The molecule has 0 aromatic carbocycles. The van der Waals surface area contributed by atoms with Crippen LogP contribution in [-0.4, -0.2) is 116 Å². The van der Waals surface area contributed by atoms with Gasteiger partial charge in [-0.25, -0.2) is 4.79 Å². The van der Waals surface area contributed by atoms with Gasteiger partial charge in [0.05, 0.1) is 24.7 Å². The van der Waals surface area contributed by atoms with Gasteiger partial charge in [0.1, 0.15) is 42.7 Å². The molecule has 4 saturated carbocycles. The topological polar surface area (TPSA) is 205 Å². The molecule has 13 nitrogen and oxygen atoms in total. The van der Waals surface area contributed by atoms with Crippen molar-refractivity contribution in [3.05, 3.63) is 11.6 Å². The molecule has 13 heteroatoms. The van der Waals surface area contributed by atoms with E-state index in [1.54, 1.807) is 0 Å². The van der Waals surface area contributed by atoms with E-state index in [4.69, 9.17) is 24.0 Å². The number of carbonyl (C=O) groups excluding carboxylic acids is 1. The van der Waals surface area contributed by atoms with Crippen molar-refractivity contribution < 1.29 is 64.5 Å². The zero-order chi connectivity index (χ0) is 39.4. The van der Waals surface area contributed by atoms with Gasteiger partial charge >= 0.3 is 5.97 Å². The average molecular weight is 767 g/mol. The first-order valence-electron chi connectivity index (χ1n) is 20.4. The predicted molar refractivity (Wildman–Crippen MR) is 193 cm³/mol. The Bertz CT molecular complexity index is 1450. The van der Waals surface area contributed by atoms with Crippen LogP contribution in [0.1, 0.15) is 113 Å². The number of hydrogen-bond acceptors (Lipinski definition) is 13. The Morgan fingerprint density at radius 2 is 1.48 bits per heavy atom. The van der Waals surface area contributed by atoms with Gasteiger partial charge in [-0.05, 0) is 109 Å². The van der Waals surface area contributed by atoms with Crippen LogP contribution in [0.3, 0.4) is 0 Å². The van der Waals surface area contributed by atoms with Crippen molar-refractivity contribution in [1.82, 2.24) is 0 Å². The number of allylic oxidation sites excluding steroid dienone is 2. The highest BCUT2D eigenvalue weighted by molar-refractivity contribution is 5.78. The molecule has 0 aromatic rings. The van der Waals surface area contributed by atoms with Crippen LogP contribution in [-0.2, 0) is 28.8 Å². The van der Waals surface area contributed by atoms with Crippen molar-refractivity contribution in [2.45, 2.75) is 174 Å². The minimum atomic E-state index is -1.57. The third-order valence-corrected chi connectivity index (χ3v) is 16.8. The summed E-state index contributed by atoms with van der Waals surface area (Å²) in [5.41, 5.74) is 0.0273. The number of hydrogen-bond donors (Lipinski definition) is 7. The standard InChI is InChI=1S/C41H66O13/c1-36(2)14-16-41(35(49)54-53-33-31(47)28(44)23(43)20-50-33)17-15-39(6)21(22(41)18-36)8-9-26-38(5)12-11-27(37(3,4)25(38)10-13-40(26,39)7)52-34-32(48)30(46)29(45)24(19-42)51-34/h8,22-34,42-48H,9-20H2,1-7H3/t22-,23-,24-,25?,26-,27+,28-,29-,30+,31+,32-,33+,34+,38+,39-,40-,41+/m1/s1. The van der Waals surface area contributed by atoms with E-state index >= 15 is 0 Å². The lowest BCUT2D eigenvalue weighted by Gasteiger charge is -2.71. The van der Waals surface area contributed by atoms with Crippen molar-refractivity contribution in [3.8, 4) is 0 Å². The van der Waals surface area contributed by atoms with Gasteiger partial charge in [0.25, 0.3) is 0 Å². The minimum Gasteiger partial charge on any atom is -0.394 e. The fourth-order valence-corrected chi connectivity index (χ4v) is 13.2. The third-order valence-electron chi connectivity index (χ3n) is 16.8. The summed E-state index contributed by atoms with van der Waals surface area (Å²) in [5.74, 6) is 0.148. The molecule has 54 heavy (non-hydrogen) atoms. The maximum atomic E-state index is 14.3. The highest BCUT2D eigenvalue weighted by Crippen LogP contribution is 2.76. The highest BCUT2D eigenvalue weighted by Gasteiger charge is 2.70. The Kier molecular flexibility index (Phi) is 10.6. The number of rotatable bonds is 6. The lowest BCUT2D eigenvalue weighted by atomic mass is 9.33. The first kappa shape index (κ1) is 40.9. The van der Waals surface area contributed by atoms with Gasteiger partial charge in [-0.2, -0.15) is 0 Å². The zero-order valence-corrected chi connectivity index (χ0v) is 33.1. The van der Waals surface area contributed by atoms with E-state index < -0.39 is 73.3 Å². The van der Waals surface area contributed by atoms with Crippen molar-refractivity contribution in [2.24, 2.45) is 50.2 Å². The van der Waals surface area contributed by atoms with E-state index in [1.807, 2.05) is 0 Å². The quantitative estimate of drug-likeness (QED) is 0.0901. The summed E-state index contributed by atoms with van der Waals surface area (Å²) in [6.45, 7) is 15.6. The highest BCUT2D eigenvalue weighted by atomic mass is 17.2. The molecular weight excluding hydrogens is 700 g/mol. The number of aliphatic hydroxyl groups excluding tert-OH is 7. The SMILES string of the molecule is CC1(C)CC[C@]2(C(=O)OO[C@@H]3OC[C@@H](O)[C@@H](O)[C@@H]3O)CC[C@]3(C)C(=CC[C@@H]4[C@@]5(C)CC[C@H](O[C@@H]6O[C@H](CO)[C@@H](O)[C@H](O)[C@H]6O)C(C)(C)C5CC[C@]43C)[C@H]2C1. The van der Waals surface area contributed by atoms with E-state index in [-0.39, 0.29) is 45.7 Å². The molecule has 7 aliphatic rings. The average Bonchev–Trinajstić information content (AvgIpc) is 3.11. The molecule has 0 aromatic heterocycles. The Balaban J connectivity index is 1.13. The maximum Gasteiger partial charge on any atom is 0.349 e. The molecule has 17 atom stereocenters. The van der Waals surface area contributed by atoms with Crippen LogP contribution in [0.4, 0.5) is 0 Å². The molecule has 2 heterocycles. The minimum absolute atomic E-state index is 0.0159. The van der Waals surface area contributed by atoms with Crippen LogP contribution in [0.15, 0.2) is 11.6 Å². The number of fused-ring (bicyclic) bond motifs is 7. The first-order chi connectivity index (χ1) is 25.2. The van der Waals surface area contributed by atoms with E-state index in [0.717, 1.165) is 51.4 Å². The second kappa shape index (κ2) is 14.0. The largest absolute Gasteiger partial charge is 0.394 e. The summed E-state index contributed by atoms with van der Waals surface area (Å²) in [4.78, 5) is 25.2. The van der Waals surface area contributed by atoms with Gasteiger partial charge in [-0.1, -0.05) is 60.1 Å². The first-order valence-corrected chi connectivity index (χ1v) is 20.4. The van der Waals surface area contributed by atoms with Gasteiger partial charge in [0, 0.05) is 0 Å². The number of carbonyl (C=O) groups is 1. The maximum absolute atomic E-state index is 14.3. The number of aliphatic hydroxyl groups is 7. The summed E-state index contributed by atoms with van der Waals surface area (Å²) in [6.07, 6.45) is -1.74. The molecule has 7 rings (SSSR count). The van der Waals surface area contributed by atoms with Crippen LogP contribution >= 0.6 is 0 Å². The van der Waals surface area contributed by atoms with Gasteiger partial charge in [0.2, 0.25) is 6.29 Å². The molecule has 308 valence electrons. The predicted octanol–water partition coefficient (Wildman–Crippen LogP) is 2.89. The Labute approximate surface area is 319 Å². The Morgan fingerprint density at radius 3 is 2.19 bits per heavy atom. The van der Waals surface area contributed by atoms with Crippen molar-refractivity contribution in [1.29, 1.82) is 0 Å². The Morgan fingerprint density at radius 1 is 0.796 bits per heavy atom. The smallest absolute Gasteiger partial charge is 0.349 e. The monoisotopic (exact) mass is 766 g/mol.